The van der Waals surface area contributed by atoms with Gasteiger partial charge in [-0.15, -0.1) is 0 Å². The van der Waals surface area contributed by atoms with E-state index in [4.69, 9.17) is 4.42 Å². The van der Waals surface area contributed by atoms with E-state index in [0.29, 0.717) is 22.7 Å². The lowest BCUT2D eigenvalue weighted by molar-refractivity contribution is 0.102. The summed E-state index contributed by atoms with van der Waals surface area (Å²) < 4.78 is 6.75. The number of anilines is 1. The van der Waals surface area contributed by atoms with E-state index in [0.717, 1.165) is 21.1 Å². The molecule has 0 atom stereocenters. The molecule has 0 saturated carbocycles. The summed E-state index contributed by atoms with van der Waals surface area (Å²) in [5, 5.41) is 2.89. The van der Waals surface area contributed by atoms with Crippen LogP contribution in [0.4, 0.5) is 5.69 Å². The summed E-state index contributed by atoms with van der Waals surface area (Å²) in [6.07, 6.45) is 0. The van der Waals surface area contributed by atoms with Gasteiger partial charge in [-0.1, -0.05) is 39.7 Å². The van der Waals surface area contributed by atoms with Crippen LogP contribution in [0.2, 0.25) is 0 Å². The minimum Gasteiger partial charge on any atom is -0.436 e. The van der Waals surface area contributed by atoms with Gasteiger partial charge in [0.25, 0.3) is 5.91 Å². The molecule has 1 N–H and O–H groups in total. The standard InChI is InChI=1S/C21H15BrN2O2/c1-13-4-2-6-15(10-13)21-24-18-9-8-17(12-19(18)26-21)23-20(25)14-5-3-7-16(22)11-14/h2-12H,1H3,(H,23,25). The molecular formula is C21H15BrN2O2. The molecule has 4 rings (SSSR count). The normalized spacial score (nSPS) is 10.8. The van der Waals surface area contributed by atoms with E-state index in [9.17, 15) is 4.79 Å². The highest BCUT2D eigenvalue weighted by atomic mass is 79.9. The van der Waals surface area contributed by atoms with Crippen molar-refractivity contribution in [3.05, 3.63) is 82.3 Å². The molecule has 4 aromatic rings. The zero-order chi connectivity index (χ0) is 18.1. The summed E-state index contributed by atoms with van der Waals surface area (Å²) in [6.45, 7) is 2.03. The Bertz CT molecular complexity index is 1120. The molecule has 128 valence electrons. The number of oxazole rings is 1. The molecule has 5 heteroatoms. The third-order valence-electron chi connectivity index (χ3n) is 4.00. The zero-order valence-electron chi connectivity index (χ0n) is 14.0. The fourth-order valence-electron chi connectivity index (χ4n) is 2.74. The van der Waals surface area contributed by atoms with Crippen LogP contribution in [0.1, 0.15) is 15.9 Å². The van der Waals surface area contributed by atoms with E-state index in [-0.39, 0.29) is 5.91 Å². The summed E-state index contributed by atoms with van der Waals surface area (Å²) >= 11 is 3.38. The summed E-state index contributed by atoms with van der Waals surface area (Å²) in [4.78, 5) is 16.9. The molecule has 26 heavy (non-hydrogen) atoms. The fourth-order valence-corrected chi connectivity index (χ4v) is 3.14. The third-order valence-corrected chi connectivity index (χ3v) is 4.49. The predicted octanol–water partition coefficient (Wildman–Crippen LogP) is 5.82. The number of rotatable bonds is 3. The van der Waals surface area contributed by atoms with Gasteiger partial charge in [0.2, 0.25) is 5.89 Å². The summed E-state index contributed by atoms with van der Waals surface area (Å²) in [5.74, 6) is 0.392. The van der Waals surface area contributed by atoms with Crippen molar-refractivity contribution in [2.24, 2.45) is 0 Å². The number of carbonyl (C=O) groups is 1. The van der Waals surface area contributed by atoms with E-state index in [1.165, 1.54) is 0 Å². The molecule has 0 unspecified atom stereocenters. The van der Waals surface area contributed by atoms with Gasteiger partial charge in [0.05, 0.1) is 0 Å². The number of benzene rings is 3. The Morgan fingerprint density at radius 1 is 1.04 bits per heavy atom. The number of aryl methyl sites for hydroxylation is 1. The van der Waals surface area contributed by atoms with Gasteiger partial charge in [-0.3, -0.25) is 4.79 Å². The van der Waals surface area contributed by atoms with Crippen molar-refractivity contribution in [2.75, 3.05) is 5.32 Å². The fraction of sp³-hybridized carbons (Fsp3) is 0.0476. The highest BCUT2D eigenvalue weighted by molar-refractivity contribution is 9.10. The number of aromatic nitrogens is 1. The molecular weight excluding hydrogens is 392 g/mol. The topological polar surface area (TPSA) is 55.1 Å². The Hall–Kier alpha value is -2.92. The van der Waals surface area contributed by atoms with Crippen molar-refractivity contribution < 1.29 is 9.21 Å². The van der Waals surface area contributed by atoms with Crippen LogP contribution in [0, 0.1) is 6.92 Å². The molecule has 1 aromatic heterocycles. The second-order valence-electron chi connectivity index (χ2n) is 6.04. The molecule has 4 nitrogen and oxygen atoms in total. The van der Waals surface area contributed by atoms with Crippen molar-refractivity contribution in [2.45, 2.75) is 6.92 Å². The van der Waals surface area contributed by atoms with Gasteiger partial charge < -0.3 is 9.73 Å². The zero-order valence-corrected chi connectivity index (χ0v) is 15.6. The minimum atomic E-state index is -0.177. The Morgan fingerprint density at radius 3 is 2.69 bits per heavy atom. The number of nitrogens with one attached hydrogen (secondary N) is 1. The molecule has 0 aliphatic rings. The predicted molar refractivity (Wildman–Crippen MR) is 106 cm³/mol. The first kappa shape index (κ1) is 16.5. The Kier molecular flexibility index (Phi) is 4.31. The minimum absolute atomic E-state index is 0.177. The highest BCUT2D eigenvalue weighted by Crippen LogP contribution is 2.27. The third kappa shape index (κ3) is 3.39. The van der Waals surface area contributed by atoms with Crippen LogP contribution in [0.5, 0.6) is 0 Å². The van der Waals surface area contributed by atoms with Gasteiger partial charge in [0.15, 0.2) is 5.58 Å². The quantitative estimate of drug-likeness (QED) is 0.466. The maximum absolute atomic E-state index is 12.4. The lowest BCUT2D eigenvalue weighted by atomic mass is 10.1. The van der Waals surface area contributed by atoms with Gasteiger partial charge >= 0.3 is 0 Å². The first-order valence-electron chi connectivity index (χ1n) is 8.13. The lowest BCUT2D eigenvalue weighted by Gasteiger charge is -2.05. The smallest absolute Gasteiger partial charge is 0.255 e. The molecule has 3 aromatic carbocycles. The highest BCUT2D eigenvalue weighted by Gasteiger charge is 2.11. The van der Waals surface area contributed by atoms with Crippen LogP contribution in [-0.2, 0) is 0 Å². The molecule has 0 spiro atoms. The summed E-state index contributed by atoms with van der Waals surface area (Å²) in [7, 11) is 0. The Morgan fingerprint density at radius 2 is 1.88 bits per heavy atom. The van der Waals surface area contributed by atoms with Gasteiger partial charge in [-0.25, -0.2) is 4.98 Å². The largest absolute Gasteiger partial charge is 0.436 e. The number of fused-ring (bicyclic) bond motifs is 1. The molecule has 0 saturated heterocycles. The summed E-state index contributed by atoms with van der Waals surface area (Å²) in [6, 6.07) is 20.7. The van der Waals surface area contributed by atoms with Gasteiger partial charge in [0.1, 0.15) is 5.52 Å². The number of nitrogens with zero attached hydrogens (tertiary/aromatic N) is 1. The average Bonchev–Trinajstić information content (AvgIpc) is 3.05. The molecule has 1 heterocycles. The summed E-state index contributed by atoms with van der Waals surface area (Å²) in [5.41, 5.74) is 4.70. The maximum Gasteiger partial charge on any atom is 0.255 e. The van der Waals surface area contributed by atoms with Crippen LogP contribution in [-0.4, -0.2) is 10.9 Å². The number of amides is 1. The first-order chi connectivity index (χ1) is 12.6. The van der Waals surface area contributed by atoms with Crippen LogP contribution in [0.25, 0.3) is 22.6 Å². The van der Waals surface area contributed by atoms with Crippen LogP contribution in [0.15, 0.2) is 75.6 Å². The Labute approximate surface area is 159 Å². The van der Waals surface area contributed by atoms with Crippen molar-refractivity contribution in [3.8, 4) is 11.5 Å². The van der Waals surface area contributed by atoms with Gasteiger partial charge in [-0.05, 0) is 49.4 Å². The van der Waals surface area contributed by atoms with Crippen molar-refractivity contribution in [3.63, 3.8) is 0 Å². The lowest BCUT2D eigenvalue weighted by Crippen LogP contribution is -2.11. The van der Waals surface area contributed by atoms with E-state index < -0.39 is 0 Å². The van der Waals surface area contributed by atoms with Crippen molar-refractivity contribution in [1.29, 1.82) is 0 Å². The maximum atomic E-state index is 12.4. The Balaban J connectivity index is 1.62. The number of carbonyl (C=O) groups excluding carboxylic acids is 1. The van der Waals surface area contributed by atoms with E-state index in [2.05, 4.69) is 26.2 Å². The van der Waals surface area contributed by atoms with E-state index >= 15 is 0 Å². The van der Waals surface area contributed by atoms with E-state index in [1.54, 1.807) is 18.2 Å². The molecule has 1 amide bonds. The first-order valence-corrected chi connectivity index (χ1v) is 8.92. The number of hydrogen-bond donors (Lipinski definition) is 1. The molecule has 0 radical (unpaired) electrons. The molecule has 0 aliphatic heterocycles. The molecule has 0 bridgehead atoms. The number of hydrogen-bond acceptors (Lipinski definition) is 3. The number of halogens is 1. The molecule has 0 aliphatic carbocycles. The van der Waals surface area contributed by atoms with Crippen molar-refractivity contribution >= 4 is 38.6 Å². The van der Waals surface area contributed by atoms with Gasteiger partial charge in [0, 0.05) is 27.4 Å². The second-order valence-corrected chi connectivity index (χ2v) is 6.95. The van der Waals surface area contributed by atoms with Crippen LogP contribution < -0.4 is 5.32 Å². The van der Waals surface area contributed by atoms with Crippen LogP contribution in [0.3, 0.4) is 0 Å². The monoisotopic (exact) mass is 406 g/mol. The van der Waals surface area contributed by atoms with Gasteiger partial charge in [-0.2, -0.15) is 0 Å². The van der Waals surface area contributed by atoms with Crippen molar-refractivity contribution in [1.82, 2.24) is 4.98 Å². The SMILES string of the molecule is Cc1cccc(-c2nc3ccc(NC(=O)c4cccc(Br)c4)cc3o2)c1. The van der Waals surface area contributed by atoms with Crippen LogP contribution >= 0.6 is 15.9 Å². The molecule has 0 fully saturated rings. The second kappa shape index (κ2) is 6.77. The van der Waals surface area contributed by atoms with E-state index in [1.807, 2.05) is 55.5 Å². The average molecular weight is 407 g/mol.